The molecule has 1 N–H and O–H groups in total. The molecular weight excluding hydrogens is 254 g/mol. The highest BCUT2D eigenvalue weighted by Gasteiger charge is 2.09. The Hall–Kier alpha value is -1.82. The highest BCUT2D eigenvalue weighted by Crippen LogP contribution is 2.28. The van der Waals surface area contributed by atoms with Crippen LogP contribution in [0.1, 0.15) is 6.42 Å². The fraction of sp³-hybridized carbons (Fsp3) is 0.364. The van der Waals surface area contributed by atoms with E-state index in [4.69, 9.17) is 16.3 Å². The van der Waals surface area contributed by atoms with Gasteiger partial charge in [-0.25, -0.2) is 9.97 Å². The number of hydrogen-bond donors (Lipinski definition) is 1. The van der Waals surface area contributed by atoms with Gasteiger partial charge in [0.2, 0.25) is 0 Å². The SMILES string of the molecule is COc1c(Cl)ncnc1NCCCn1cccn1. The Morgan fingerprint density at radius 2 is 2.33 bits per heavy atom. The summed E-state index contributed by atoms with van der Waals surface area (Å²) in [5.74, 6) is 1.08. The van der Waals surface area contributed by atoms with Gasteiger partial charge >= 0.3 is 0 Å². The first-order valence-corrected chi connectivity index (χ1v) is 5.95. The van der Waals surface area contributed by atoms with Crippen LogP contribution in [0, 0.1) is 0 Å². The van der Waals surface area contributed by atoms with E-state index in [1.54, 1.807) is 13.3 Å². The number of nitrogens with one attached hydrogen (secondary N) is 1. The molecule has 0 radical (unpaired) electrons. The third-order valence-corrected chi connectivity index (χ3v) is 2.65. The quantitative estimate of drug-likeness (QED) is 0.639. The molecule has 6 nitrogen and oxygen atoms in total. The monoisotopic (exact) mass is 267 g/mol. The van der Waals surface area contributed by atoms with Crippen molar-refractivity contribution in [3.63, 3.8) is 0 Å². The third-order valence-electron chi connectivity index (χ3n) is 2.38. The van der Waals surface area contributed by atoms with Crippen LogP contribution in [0.4, 0.5) is 5.82 Å². The highest BCUT2D eigenvalue weighted by molar-refractivity contribution is 6.31. The van der Waals surface area contributed by atoms with Gasteiger partial charge in [-0.2, -0.15) is 5.10 Å². The van der Waals surface area contributed by atoms with Crippen molar-refractivity contribution in [2.45, 2.75) is 13.0 Å². The lowest BCUT2D eigenvalue weighted by molar-refractivity contribution is 0.413. The fourth-order valence-electron chi connectivity index (χ4n) is 1.54. The van der Waals surface area contributed by atoms with Crippen LogP contribution in [0.15, 0.2) is 24.8 Å². The number of methoxy groups -OCH3 is 1. The largest absolute Gasteiger partial charge is 0.490 e. The molecule has 7 heteroatoms. The minimum absolute atomic E-state index is 0.307. The molecule has 2 aromatic rings. The van der Waals surface area contributed by atoms with E-state index in [-0.39, 0.29) is 0 Å². The van der Waals surface area contributed by atoms with Gasteiger partial charge in [0.25, 0.3) is 0 Å². The number of nitrogens with zero attached hydrogens (tertiary/aromatic N) is 4. The summed E-state index contributed by atoms with van der Waals surface area (Å²) < 4.78 is 7.02. The minimum atomic E-state index is 0.307. The first kappa shape index (κ1) is 12.6. The Morgan fingerprint density at radius 3 is 3.06 bits per heavy atom. The predicted molar refractivity (Wildman–Crippen MR) is 68.9 cm³/mol. The van der Waals surface area contributed by atoms with E-state index < -0.39 is 0 Å². The summed E-state index contributed by atoms with van der Waals surface area (Å²) in [6, 6.07) is 1.90. The molecule has 0 aliphatic rings. The number of aryl methyl sites for hydroxylation is 1. The second kappa shape index (κ2) is 6.20. The van der Waals surface area contributed by atoms with Crippen molar-refractivity contribution in [3.8, 4) is 5.75 Å². The van der Waals surface area contributed by atoms with Crippen molar-refractivity contribution in [2.24, 2.45) is 0 Å². The molecule has 0 spiro atoms. The molecular formula is C11H14ClN5O. The molecule has 0 aliphatic carbocycles. The van der Waals surface area contributed by atoms with Crippen molar-refractivity contribution < 1.29 is 4.74 Å². The molecule has 2 rings (SSSR count). The standard InChI is InChI=1S/C11H14ClN5O/c1-18-9-10(12)14-8-15-11(9)13-4-2-6-17-7-3-5-16-17/h3,5,7-8H,2,4,6H2,1H3,(H,13,14,15). The van der Waals surface area contributed by atoms with Gasteiger partial charge < -0.3 is 10.1 Å². The number of hydrogen-bond acceptors (Lipinski definition) is 5. The minimum Gasteiger partial charge on any atom is -0.490 e. The molecule has 0 atom stereocenters. The Bertz CT molecular complexity index is 488. The van der Waals surface area contributed by atoms with Crippen LogP contribution >= 0.6 is 11.6 Å². The predicted octanol–water partition coefficient (Wildman–Crippen LogP) is 1.84. The van der Waals surface area contributed by atoms with E-state index in [0.29, 0.717) is 16.7 Å². The molecule has 0 aromatic carbocycles. The van der Waals surface area contributed by atoms with Crippen LogP contribution in [0.2, 0.25) is 5.15 Å². The van der Waals surface area contributed by atoms with E-state index >= 15 is 0 Å². The number of aromatic nitrogens is 4. The Labute approximate surface area is 110 Å². The zero-order chi connectivity index (χ0) is 12.8. The molecule has 2 aromatic heterocycles. The van der Waals surface area contributed by atoms with Gasteiger partial charge in [0.05, 0.1) is 7.11 Å². The van der Waals surface area contributed by atoms with Gasteiger partial charge in [-0.15, -0.1) is 0 Å². The lowest BCUT2D eigenvalue weighted by atomic mass is 10.4. The topological polar surface area (TPSA) is 64.9 Å². The van der Waals surface area contributed by atoms with E-state index in [9.17, 15) is 0 Å². The van der Waals surface area contributed by atoms with Gasteiger partial charge in [-0.3, -0.25) is 4.68 Å². The lowest BCUT2D eigenvalue weighted by Crippen LogP contribution is -2.09. The summed E-state index contributed by atoms with van der Waals surface area (Å²) in [7, 11) is 1.54. The first-order chi connectivity index (χ1) is 8.81. The second-order valence-electron chi connectivity index (χ2n) is 3.60. The number of halogens is 1. The number of rotatable bonds is 6. The van der Waals surface area contributed by atoms with E-state index in [0.717, 1.165) is 19.5 Å². The molecule has 0 amide bonds. The molecule has 0 aliphatic heterocycles. The average molecular weight is 268 g/mol. The van der Waals surface area contributed by atoms with Crippen LogP contribution in [0.3, 0.4) is 0 Å². The van der Waals surface area contributed by atoms with Crippen LogP contribution in [-0.2, 0) is 6.54 Å². The fourth-order valence-corrected chi connectivity index (χ4v) is 1.75. The molecule has 0 bridgehead atoms. The maximum Gasteiger partial charge on any atom is 0.198 e. The van der Waals surface area contributed by atoms with Crippen LogP contribution < -0.4 is 10.1 Å². The Morgan fingerprint density at radius 1 is 1.44 bits per heavy atom. The summed E-state index contributed by atoms with van der Waals surface area (Å²) in [6.45, 7) is 1.60. The Kier molecular flexibility index (Phi) is 4.35. The van der Waals surface area contributed by atoms with Gasteiger partial charge in [0.1, 0.15) is 6.33 Å². The zero-order valence-electron chi connectivity index (χ0n) is 10.0. The summed E-state index contributed by atoms with van der Waals surface area (Å²) in [6.07, 6.45) is 6.02. The molecule has 0 fully saturated rings. The van der Waals surface area contributed by atoms with Crippen molar-refractivity contribution in [3.05, 3.63) is 29.9 Å². The van der Waals surface area contributed by atoms with Gasteiger partial charge in [-0.1, -0.05) is 11.6 Å². The van der Waals surface area contributed by atoms with Crippen molar-refractivity contribution in [2.75, 3.05) is 19.0 Å². The highest BCUT2D eigenvalue weighted by atomic mass is 35.5. The van der Waals surface area contributed by atoms with Crippen LogP contribution in [0.25, 0.3) is 0 Å². The lowest BCUT2D eigenvalue weighted by Gasteiger charge is -2.10. The molecule has 0 saturated heterocycles. The second-order valence-corrected chi connectivity index (χ2v) is 3.95. The van der Waals surface area contributed by atoms with Crippen molar-refractivity contribution >= 4 is 17.4 Å². The third kappa shape index (κ3) is 3.10. The van der Waals surface area contributed by atoms with Crippen LogP contribution in [0.5, 0.6) is 5.75 Å². The number of ether oxygens (including phenoxy) is 1. The van der Waals surface area contributed by atoms with Gasteiger partial charge in [-0.05, 0) is 12.5 Å². The summed E-state index contributed by atoms with van der Waals surface area (Å²) in [5, 5.41) is 7.60. The van der Waals surface area contributed by atoms with Gasteiger partial charge in [0.15, 0.2) is 16.7 Å². The number of anilines is 1. The summed E-state index contributed by atoms with van der Waals surface area (Å²) in [5.41, 5.74) is 0. The van der Waals surface area contributed by atoms with E-state index in [2.05, 4.69) is 20.4 Å². The van der Waals surface area contributed by atoms with Crippen molar-refractivity contribution in [1.29, 1.82) is 0 Å². The summed E-state index contributed by atoms with van der Waals surface area (Å²) >= 11 is 5.89. The average Bonchev–Trinajstić information content (AvgIpc) is 2.88. The molecule has 0 unspecified atom stereocenters. The zero-order valence-corrected chi connectivity index (χ0v) is 10.8. The van der Waals surface area contributed by atoms with Gasteiger partial charge in [0, 0.05) is 25.5 Å². The maximum absolute atomic E-state index is 5.89. The Balaban J connectivity index is 1.85. The van der Waals surface area contributed by atoms with Crippen molar-refractivity contribution in [1.82, 2.24) is 19.7 Å². The molecule has 2 heterocycles. The normalized spacial score (nSPS) is 10.3. The van der Waals surface area contributed by atoms with E-state index in [1.807, 2.05) is 16.9 Å². The molecule has 0 saturated carbocycles. The molecule has 18 heavy (non-hydrogen) atoms. The van der Waals surface area contributed by atoms with E-state index in [1.165, 1.54) is 6.33 Å². The summed E-state index contributed by atoms with van der Waals surface area (Å²) in [4.78, 5) is 7.95. The molecule has 96 valence electrons. The first-order valence-electron chi connectivity index (χ1n) is 5.57. The maximum atomic E-state index is 5.89. The smallest absolute Gasteiger partial charge is 0.198 e. The van der Waals surface area contributed by atoms with Crippen LogP contribution in [-0.4, -0.2) is 33.4 Å².